The van der Waals surface area contributed by atoms with E-state index in [9.17, 15) is 0 Å². The normalized spacial score (nSPS) is 27.0. The molecule has 0 radical (unpaired) electrons. The molecule has 26 heavy (non-hydrogen) atoms. The van der Waals surface area contributed by atoms with Gasteiger partial charge in [0.25, 0.3) is 0 Å². The average molecular weight is 359 g/mol. The van der Waals surface area contributed by atoms with Crippen LogP contribution in [0.2, 0.25) is 0 Å². The first-order chi connectivity index (χ1) is 12.8. The number of rotatable bonds is 8. The van der Waals surface area contributed by atoms with Gasteiger partial charge in [0.15, 0.2) is 0 Å². The molecule has 2 fully saturated rings. The van der Waals surface area contributed by atoms with E-state index < -0.39 is 0 Å². The Morgan fingerprint density at radius 1 is 1.04 bits per heavy atom. The molecule has 146 valence electrons. The van der Waals surface area contributed by atoms with E-state index in [4.69, 9.17) is 4.74 Å². The second-order valence-corrected chi connectivity index (χ2v) is 8.74. The van der Waals surface area contributed by atoms with Gasteiger partial charge in [-0.15, -0.1) is 0 Å². The van der Waals surface area contributed by atoms with Crippen LogP contribution in [-0.4, -0.2) is 16.6 Å². The second-order valence-electron chi connectivity index (χ2n) is 8.74. The van der Waals surface area contributed by atoms with E-state index in [2.05, 4.69) is 23.8 Å². The summed E-state index contributed by atoms with van der Waals surface area (Å²) in [6, 6.07) is 2.39. The van der Waals surface area contributed by atoms with Gasteiger partial charge in [-0.3, -0.25) is 0 Å². The predicted octanol–water partition coefficient (Wildman–Crippen LogP) is 6.44. The number of hydrogen-bond donors (Lipinski definition) is 0. The van der Waals surface area contributed by atoms with Gasteiger partial charge >= 0.3 is 6.01 Å². The SMILES string of the molecule is CCCC1([C@H]2CCCC[C@@H]2C(CC)COc2ncccn2)CCCCC1. The summed E-state index contributed by atoms with van der Waals surface area (Å²) in [7, 11) is 0. The summed E-state index contributed by atoms with van der Waals surface area (Å²) in [6.45, 7) is 5.52. The van der Waals surface area contributed by atoms with Gasteiger partial charge in [-0.1, -0.05) is 52.4 Å². The van der Waals surface area contributed by atoms with Gasteiger partial charge in [0.05, 0.1) is 6.61 Å². The van der Waals surface area contributed by atoms with Crippen LogP contribution >= 0.6 is 0 Å². The highest BCUT2D eigenvalue weighted by atomic mass is 16.5. The minimum atomic E-state index is 0.541. The van der Waals surface area contributed by atoms with Gasteiger partial charge in [0.2, 0.25) is 0 Å². The van der Waals surface area contributed by atoms with Crippen molar-refractivity contribution in [1.29, 1.82) is 0 Å². The maximum Gasteiger partial charge on any atom is 0.316 e. The van der Waals surface area contributed by atoms with E-state index in [0.29, 0.717) is 17.3 Å². The maximum atomic E-state index is 6.02. The van der Waals surface area contributed by atoms with Crippen molar-refractivity contribution < 1.29 is 4.74 Å². The molecule has 1 heterocycles. The Bertz CT molecular complexity index is 507. The van der Waals surface area contributed by atoms with E-state index in [0.717, 1.165) is 18.4 Å². The summed E-state index contributed by atoms with van der Waals surface area (Å²) in [4.78, 5) is 8.50. The fraction of sp³-hybridized carbons (Fsp3) is 0.826. The molecule has 0 amide bonds. The van der Waals surface area contributed by atoms with Crippen LogP contribution in [0.5, 0.6) is 6.01 Å². The molecular weight excluding hydrogens is 320 g/mol. The van der Waals surface area contributed by atoms with E-state index in [-0.39, 0.29) is 0 Å². The van der Waals surface area contributed by atoms with E-state index >= 15 is 0 Å². The molecule has 2 saturated carbocycles. The third-order valence-corrected chi connectivity index (χ3v) is 7.30. The third kappa shape index (κ3) is 4.58. The highest BCUT2D eigenvalue weighted by Crippen LogP contribution is 2.54. The zero-order chi connectivity index (χ0) is 18.2. The standard InChI is InChI=1S/C23H38N2O/c1-3-13-23(14-8-5-9-15-23)21-12-7-6-11-20(21)19(4-2)18-26-22-24-16-10-17-25-22/h10,16-17,19-21H,3-9,11-15,18H2,1-2H3/t19?,20-,21+/m1/s1. The average Bonchev–Trinajstić information content (AvgIpc) is 2.70. The molecule has 0 spiro atoms. The molecule has 3 rings (SSSR count). The van der Waals surface area contributed by atoms with Gasteiger partial charge in [0, 0.05) is 12.4 Å². The Labute approximate surface area is 160 Å². The molecule has 3 atom stereocenters. The van der Waals surface area contributed by atoms with Crippen molar-refractivity contribution in [3.8, 4) is 6.01 Å². The van der Waals surface area contributed by atoms with Gasteiger partial charge in [-0.05, 0) is 67.8 Å². The summed E-state index contributed by atoms with van der Waals surface area (Å²) < 4.78 is 6.02. The highest BCUT2D eigenvalue weighted by Gasteiger charge is 2.45. The summed E-state index contributed by atoms with van der Waals surface area (Å²) in [5, 5.41) is 0. The predicted molar refractivity (Wildman–Crippen MR) is 107 cm³/mol. The number of ether oxygens (including phenoxy) is 1. The first kappa shape index (κ1) is 19.6. The van der Waals surface area contributed by atoms with Crippen molar-refractivity contribution >= 4 is 0 Å². The van der Waals surface area contributed by atoms with Crippen LogP contribution in [-0.2, 0) is 0 Å². The maximum absolute atomic E-state index is 6.02. The van der Waals surface area contributed by atoms with Crippen LogP contribution < -0.4 is 4.74 Å². The highest BCUT2D eigenvalue weighted by molar-refractivity contribution is 4.97. The van der Waals surface area contributed by atoms with Crippen LogP contribution in [0.3, 0.4) is 0 Å². The fourth-order valence-corrected chi connectivity index (χ4v) is 6.13. The van der Waals surface area contributed by atoms with Crippen LogP contribution in [0.15, 0.2) is 18.5 Å². The summed E-state index contributed by atoms with van der Waals surface area (Å²) in [5.74, 6) is 2.36. The minimum Gasteiger partial charge on any atom is -0.463 e. The van der Waals surface area contributed by atoms with Crippen LogP contribution in [0.4, 0.5) is 0 Å². The molecule has 0 saturated heterocycles. The van der Waals surface area contributed by atoms with Crippen LogP contribution in [0.25, 0.3) is 0 Å². The lowest BCUT2D eigenvalue weighted by molar-refractivity contribution is -0.0164. The summed E-state index contributed by atoms with van der Waals surface area (Å²) in [6.07, 6.45) is 20.5. The van der Waals surface area contributed by atoms with Crippen molar-refractivity contribution in [2.45, 2.75) is 90.9 Å². The van der Waals surface area contributed by atoms with Gasteiger partial charge in [-0.2, -0.15) is 0 Å². The molecule has 0 bridgehead atoms. The Hall–Kier alpha value is -1.12. The molecular formula is C23H38N2O. The summed E-state index contributed by atoms with van der Waals surface area (Å²) in [5.41, 5.74) is 0.620. The van der Waals surface area contributed by atoms with Crippen molar-refractivity contribution in [2.24, 2.45) is 23.2 Å². The molecule has 1 aromatic rings. The largest absolute Gasteiger partial charge is 0.463 e. The lowest BCUT2D eigenvalue weighted by Crippen LogP contribution is -2.42. The molecule has 3 nitrogen and oxygen atoms in total. The van der Waals surface area contributed by atoms with Gasteiger partial charge in [0.1, 0.15) is 0 Å². The fourth-order valence-electron chi connectivity index (χ4n) is 6.13. The van der Waals surface area contributed by atoms with Crippen molar-refractivity contribution in [1.82, 2.24) is 9.97 Å². The zero-order valence-electron chi connectivity index (χ0n) is 17.0. The van der Waals surface area contributed by atoms with Crippen LogP contribution in [0, 0.1) is 23.2 Å². The zero-order valence-corrected chi connectivity index (χ0v) is 17.0. The smallest absolute Gasteiger partial charge is 0.316 e. The Balaban J connectivity index is 1.73. The van der Waals surface area contributed by atoms with Crippen molar-refractivity contribution in [3.63, 3.8) is 0 Å². The Morgan fingerprint density at radius 3 is 2.46 bits per heavy atom. The molecule has 1 unspecified atom stereocenters. The minimum absolute atomic E-state index is 0.541. The lowest BCUT2D eigenvalue weighted by Gasteiger charge is -2.51. The first-order valence-corrected chi connectivity index (χ1v) is 11.2. The molecule has 0 N–H and O–H groups in total. The topological polar surface area (TPSA) is 35.0 Å². The molecule has 0 aliphatic heterocycles. The quantitative estimate of drug-likeness (QED) is 0.536. The Morgan fingerprint density at radius 2 is 1.77 bits per heavy atom. The summed E-state index contributed by atoms with van der Waals surface area (Å²) >= 11 is 0. The molecule has 0 aromatic carbocycles. The molecule has 2 aliphatic rings. The second kappa shape index (κ2) is 9.71. The number of nitrogens with zero attached hydrogens (tertiary/aromatic N) is 2. The molecule has 1 aromatic heterocycles. The first-order valence-electron chi connectivity index (χ1n) is 11.2. The Kier molecular flexibility index (Phi) is 7.33. The van der Waals surface area contributed by atoms with Crippen molar-refractivity contribution in [2.75, 3.05) is 6.61 Å². The number of aromatic nitrogens is 2. The van der Waals surface area contributed by atoms with Crippen LogP contribution in [0.1, 0.15) is 90.9 Å². The van der Waals surface area contributed by atoms with E-state index in [1.165, 1.54) is 77.0 Å². The van der Waals surface area contributed by atoms with Gasteiger partial charge < -0.3 is 4.74 Å². The van der Waals surface area contributed by atoms with Crippen molar-refractivity contribution in [3.05, 3.63) is 18.5 Å². The molecule has 3 heteroatoms. The third-order valence-electron chi connectivity index (χ3n) is 7.30. The monoisotopic (exact) mass is 358 g/mol. The van der Waals surface area contributed by atoms with Gasteiger partial charge in [-0.25, -0.2) is 9.97 Å². The lowest BCUT2D eigenvalue weighted by atomic mass is 9.54. The van der Waals surface area contributed by atoms with E-state index in [1.807, 2.05) is 6.07 Å². The van der Waals surface area contributed by atoms with E-state index in [1.54, 1.807) is 12.4 Å². The molecule has 2 aliphatic carbocycles. The number of hydrogen-bond acceptors (Lipinski definition) is 3.